The number of ether oxygens (including phenoxy) is 4. The van der Waals surface area contributed by atoms with Crippen molar-refractivity contribution in [3.8, 4) is 17.2 Å². The number of aliphatic hydroxyl groups excluding tert-OH is 1. The van der Waals surface area contributed by atoms with E-state index in [9.17, 15) is 14.7 Å². The van der Waals surface area contributed by atoms with Gasteiger partial charge in [0.2, 0.25) is 6.79 Å². The number of carbonyl (C=O) groups excluding carboxylic acids is 2. The molecule has 2 aliphatic heterocycles. The molecule has 3 heterocycles. The van der Waals surface area contributed by atoms with E-state index in [4.69, 9.17) is 23.5 Å². The lowest BCUT2D eigenvalue weighted by atomic mass is 10.0. The average molecular weight is 680 g/mol. The summed E-state index contributed by atoms with van der Waals surface area (Å²) in [6.07, 6.45) is 2.19. The summed E-state index contributed by atoms with van der Waals surface area (Å²) in [7, 11) is 2.05. The molecule has 2 aromatic carbocycles. The summed E-state index contributed by atoms with van der Waals surface area (Å²) in [6.45, 7) is 11.6. The van der Waals surface area contributed by atoms with Crippen molar-refractivity contribution in [2.45, 2.75) is 78.7 Å². The van der Waals surface area contributed by atoms with Crippen LogP contribution in [0.15, 0.2) is 40.9 Å². The van der Waals surface area contributed by atoms with E-state index in [0.29, 0.717) is 60.4 Å². The van der Waals surface area contributed by atoms with Gasteiger partial charge in [-0.25, -0.2) is 4.79 Å². The predicted molar refractivity (Wildman–Crippen MR) is 184 cm³/mol. The number of urea groups is 1. The fraction of sp³-hybridized carbons (Fsp3) is 0.528. The minimum Gasteiger partial charge on any atom is -0.490 e. The van der Waals surface area contributed by atoms with Gasteiger partial charge >= 0.3 is 6.03 Å². The maximum absolute atomic E-state index is 14.4. The summed E-state index contributed by atoms with van der Waals surface area (Å²) in [5.74, 6) is 2.02. The van der Waals surface area contributed by atoms with Crippen molar-refractivity contribution in [3.05, 3.63) is 59.0 Å². The first-order valence-electron chi connectivity index (χ1n) is 16.9. The second kappa shape index (κ2) is 16.4. The molecular weight excluding hydrogens is 630 g/mol. The number of aryl methyl sites for hydroxylation is 2. The molecule has 0 aliphatic carbocycles. The number of carbonyl (C=O) groups is 2. The molecule has 3 amide bonds. The number of aliphatic hydroxyl groups is 1. The van der Waals surface area contributed by atoms with Gasteiger partial charge in [0.15, 0.2) is 17.3 Å². The number of nitrogens with one attached hydrogen (secondary N) is 2. The van der Waals surface area contributed by atoms with Gasteiger partial charge in [0.25, 0.3) is 5.91 Å². The van der Waals surface area contributed by atoms with Crippen LogP contribution in [-0.4, -0.2) is 90.4 Å². The monoisotopic (exact) mass is 679 g/mol. The third-order valence-corrected chi connectivity index (χ3v) is 8.96. The van der Waals surface area contributed by atoms with E-state index in [0.717, 1.165) is 36.3 Å². The molecule has 3 N–H and O–H groups in total. The van der Waals surface area contributed by atoms with Crippen LogP contribution in [0.4, 0.5) is 16.2 Å². The number of rotatable bonds is 8. The van der Waals surface area contributed by atoms with E-state index in [2.05, 4.69) is 34.7 Å². The lowest BCUT2D eigenvalue weighted by Gasteiger charge is -2.36. The minimum absolute atomic E-state index is 0.0782. The molecule has 0 spiro atoms. The Morgan fingerprint density at radius 2 is 1.86 bits per heavy atom. The van der Waals surface area contributed by atoms with Crippen LogP contribution >= 0.6 is 0 Å². The summed E-state index contributed by atoms with van der Waals surface area (Å²) < 4.78 is 29.0. The van der Waals surface area contributed by atoms with Crippen LogP contribution in [0.1, 0.15) is 67.4 Å². The van der Waals surface area contributed by atoms with Gasteiger partial charge in [0.05, 0.1) is 30.4 Å². The predicted octanol–water partition coefficient (Wildman–Crippen LogP) is 5.59. The van der Waals surface area contributed by atoms with Crippen molar-refractivity contribution in [1.82, 2.24) is 15.0 Å². The SMILES string of the molecule is Cc1noc(C)c1NC(=O)Nc1ccc2c(c1)C(=O)N([C@H](C)CO)C[C@@H](C)[C@H](CN(C)Cc1ccc3c(c1)OCO3)OCCCC[C@H](C)O2. The van der Waals surface area contributed by atoms with E-state index in [-0.39, 0.29) is 37.4 Å². The Bertz CT molecular complexity index is 1580. The highest BCUT2D eigenvalue weighted by atomic mass is 16.7. The molecule has 0 unspecified atom stereocenters. The van der Waals surface area contributed by atoms with Crippen LogP contribution in [0, 0.1) is 19.8 Å². The summed E-state index contributed by atoms with van der Waals surface area (Å²) in [4.78, 5) is 31.2. The molecule has 0 bridgehead atoms. The summed E-state index contributed by atoms with van der Waals surface area (Å²) >= 11 is 0. The highest BCUT2D eigenvalue weighted by molar-refractivity contribution is 6.03. The highest BCUT2D eigenvalue weighted by Crippen LogP contribution is 2.33. The lowest BCUT2D eigenvalue weighted by molar-refractivity contribution is -0.0177. The Morgan fingerprint density at radius 1 is 1.08 bits per heavy atom. The van der Waals surface area contributed by atoms with Gasteiger partial charge in [-0.1, -0.05) is 18.1 Å². The van der Waals surface area contributed by atoms with Crippen LogP contribution in [0.25, 0.3) is 0 Å². The molecule has 0 saturated heterocycles. The third-order valence-electron chi connectivity index (χ3n) is 8.96. The Balaban J connectivity index is 1.37. The van der Waals surface area contributed by atoms with E-state index in [1.165, 1.54) is 0 Å². The van der Waals surface area contributed by atoms with Crippen molar-refractivity contribution < 1.29 is 38.2 Å². The first kappa shape index (κ1) is 36.0. The van der Waals surface area contributed by atoms with Crippen LogP contribution in [0.5, 0.6) is 17.2 Å². The molecule has 266 valence electrons. The maximum Gasteiger partial charge on any atom is 0.323 e. The number of hydrogen-bond donors (Lipinski definition) is 3. The molecule has 5 rings (SSSR count). The molecule has 1 aromatic heterocycles. The topological polar surface area (TPSA) is 148 Å². The summed E-state index contributed by atoms with van der Waals surface area (Å²) in [6, 6.07) is 10.0. The average Bonchev–Trinajstić information content (AvgIpc) is 3.67. The maximum atomic E-state index is 14.4. The summed E-state index contributed by atoms with van der Waals surface area (Å²) in [5, 5.41) is 19.7. The number of likely N-dealkylation sites (N-methyl/N-ethyl adjacent to an activating group) is 1. The van der Waals surface area contributed by atoms with Gasteiger partial charge < -0.3 is 44.1 Å². The van der Waals surface area contributed by atoms with Gasteiger partial charge in [0, 0.05) is 37.8 Å². The largest absolute Gasteiger partial charge is 0.490 e. The number of benzene rings is 2. The second-order valence-electron chi connectivity index (χ2n) is 13.2. The van der Waals surface area contributed by atoms with E-state index in [1.54, 1.807) is 36.9 Å². The molecule has 4 atom stereocenters. The zero-order valence-corrected chi connectivity index (χ0v) is 29.3. The molecule has 0 radical (unpaired) electrons. The van der Waals surface area contributed by atoms with E-state index < -0.39 is 12.1 Å². The first-order chi connectivity index (χ1) is 23.5. The van der Waals surface area contributed by atoms with Crippen LogP contribution in [0.2, 0.25) is 0 Å². The van der Waals surface area contributed by atoms with Crippen molar-refractivity contribution >= 4 is 23.3 Å². The van der Waals surface area contributed by atoms with Crippen molar-refractivity contribution in [2.75, 3.05) is 50.8 Å². The quantitative estimate of drug-likeness (QED) is 0.275. The molecule has 49 heavy (non-hydrogen) atoms. The summed E-state index contributed by atoms with van der Waals surface area (Å²) in [5.41, 5.74) is 2.84. The molecule has 13 nitrogen and oxygen atoms in total. The molecule has 0 fully saturated rings. The molecule has 0 saturated carbocycles. The zero-order chi connectivity index (χ0) is 35.1. The van der Waals surface area contributed by atoms with E-state index >= 15 is 0 Å². The molecule has 3 aromatic rings. The Morgan fingerprint density at radius 3 is 2.61 bits per heavy atom. The molecular formula is C36H49N5O8. The Labute approximate surface area is 287 Å². The van der Waals surface area contributed by atoms with Gasteiger partial charge in [-0.05, 0) is 89.9 Å². The molecule has 13 heteroatoms. The molecule has 2 aliphatic rings. The number of fused-ring (bicyclic) bond motifs is 2. The van der Waals surface area contributed by atoms with Gasteiger partial charge in [0.1, 0.15) is 17.1 Å². The van der Waals surface area contributed by atoms with Crippen LogP contribution < -0.4 is 24.8 Å². The third kappa shape index (κ3) is 9.22. The standard InChI is InChI=1S/C36H49N5O8/c1-22-17-41(23(2)20-42)35(43)29-16-28(37-36(44)38-34-25(4)39-49-26(34)5)11-13-30(29)48-24(3)9-7-8-14-45-33(22)19-40(6)18-27-10-12-31-32(15-27)47-21-46-31/h10-13,15-16,22-24,33,42H,7-9,14,17-21H2,1-6H3,(H2,37,38,44)/t22-,23-,24+,33+/m1/s1. The van der Waals surface area contributed by atoms with Crippen molar-refractivity contribution in [1.29, 1.82) is 0 Å². The van der Waals surface area contributed by atoms with Crippen LogP contribution in [-0.2, 0) is 11.3 Å². The Kier molecular flexibility index (Phi) is 12.0. The highest BCUT2D eigenvalue weighted by Gasteiger charge is 2.30. The van der Waals surface area contributed by atoms with E-state index in [1.807, 2.05) is 32.0 Å². The van der Waals surface area contributed by atoms with Gasteiger partial charge in [-0.2, -0.15) is 0 Å². The fourth-order valence-electron chi connectivity index (χ4n) is 6.12. The number of hydrogen-bond acceptors (Lipinski definition) is 10. The Hall–Kier alpha value is -4.33. The normalized spacial score (nSPS) is 20.7. The van der Waals surface area contributed by atoms with Gasteiger partial charge in [-0.15, -0.1) is 0 Å². The minimum atomic E-state index is -0.504. The smallest absolute Gasteiger partial charge is 0.323 e. The zero-order valence-electron chi connectivity index (χ0n) is 29.3. The van der Waals surface area contributed by atoms with Gasteiger partial charge in [-0.3, -0.25) is 9.69 Å². The number of anilines is 2. The van der Waals surface area contributed by atoms with Crippen molar-refractivity contribution in [2.24, 2.45) is 5.92 Å². The number of amides is 3. The number of aromatic nitrogens is 1. The second-order valence-corrected chi connectivity index (χ2v) is 13.2. The first-order valence-corrected chi connectivity index (χ1v) is 16.9. The number of nitrogens with zero attached hydrogens (tertiary/aromatic N) is 3. The van der Waals surface area contributed by atoms with Crippen molar-refractivity contribution in [3.63, 3.8) is 0 Å². The van der Waals surface area contributed by atoms with Crippen LogP contribution in [0.3, 0.4) is 0 Å². The fourth-order valence-corrected chi connectivity index (χ4v) is 6.12. The lowest BCUT2D eigenvalue weighted by Crippen LogP contribution is -2.47.